The zero-order valence-corrected chi connectivity index (χ0v) is 12.8. The van der Waals surface area contributed by atoms with Gasteiger partial charge in [-0.3, -0.25) is 9.59 Å². The van der Waals surface area contributed by atoms with Gasteiger partial charge in [-0.05, 0) is 13.0 Å². The molecule has 110 valence electrons. The second-order valence-corrected chi connectivity index (χ2v) is 5.34. The molecule has 0 aliphatic heterocycles. The molecule has 0 saturated carbocycles. The van der Waals surface area contributed by atoms with Gasteiger partial charge in [0.2, 0.25) is 5.91 Å². The van der Waals surface area contributed by atoms with E-state index in [1.54, 1.807) is 32.4 Å². The molecule has 0 bridgehead atoms. The van der Waals surface area contributed by atoms with Crippen LogP contribution in [0.15, 0.2) is 18.5 Å². The van der Waals surface area contributed by atoms with Gasteiger partial charge in [-0.15, -0.1) is 11.3 Å². The Kier molecular flexibility index (Phi) is 4.59. The van der Waals surface area contributed by atoms with E-state index < -0.39 is 0 Å². The molecule has 0 aliphatic carbocycles. The molecule has 0 atom stereocenters. The Balaban J connectivity index is 2.23. The maximum Gasteiger partial charge on any atom is 0.266 e. The Bertz CT molecular complexity index is 656. The van der Waals surface area contributed by atoms with Gasteiger partial charge in [-0.25, -0.2) is 15.0 Å². The van der Waals surface area contributed by atoms with Crippen molar-refractivity contribution >= 4 is 23.2 Å². The lowest BCUT2D eigenvalue weighted by atomic mass is 10.3. The lowest BCUT2D eigenvalue weighted by molar-refractivity contribution is -0.121. The average molecular weight is 305 g/mol. The van der Waals surface area contributed by atoms with E-state index in [4.69, 9.17) is 0 Å². The highest BCUT2D eigenvalue weighted by atomic mass is 32.1. The number of aryl methyl sites for hydroxylation is 1. The van der Waals surface area contributed by atoms with Crippen LogP contribution in [0.3, 0.4) is 0 Å². The van der Waals surface area contributed by atoms with Gasteiger partial charge in [-0.1, -0.05) is 0 Å². The van der Waals surface area contributed by atoms with Crippen LogP contribution in [0, 0.1) is 6.92 Å². The Hall–Kier alpha value is -2.35. The van der Waals surface area contributed by atoms with Crippen LogP contribution >= 0.6 is 11.3 Å². The molecule has 1 N–H and O–H groups in total. The van der Waals surface area contributed by atoms with Gasteiger partial charge in [0.05, 0.1) is 12.2 Å². The number of nitrogens with zero attached hydrogens (tertiary/aromatic N) is 4. The van der Waals surface area contributed by atoms with Gasteiger partial charge >= 0.3 is 0 Å². The van der Waals surface area contributed by atoms with Gasteiger partial charge in [0.15, 0.2) is 10.8 Å². The van der Waals surface area contributed by atoms with E-state index in [1.807, 2.05) is 0 Å². The highest BCUT2D eigenvalue weighted by Crippen LogP contribution is 2.25. The van der Waals surface area contributed by atoms with Gasteiger partial charge in [0.1, 0.15) is 4.88 Å². The normalized spacial score (nSPS) is 10.2. The van der Waals surface area contributed by atoms with E-state index in [2.05, 4.69) is 20.3 Å². The van der Waals surface area contributed by atoms with Crippen LogP contribution in [-0.4, -0.2) is 52.3 Å². The summed E-state index contributed by atoms with van der Waals surface area (Å²) in [6, 6.07) is 1.72. The number of nitrogens with one attached hydrogen (secondary N) is 1. The van der Waals surface area contributed by atoms with E-state index in [0.29, 0.717) is 21.4 Å². The van der Waals surface area contributed by atoms with Crippen molar-refractivity contribution in [1.29, 1.82) is 0 Å². The Morgan fingerprint density at radius 3 is 2.62 bits per heavy atom. The predicted octanol–water partition coefficient (Wildman–Crippen LogP) is 0.727. The van der Waals surface area contributed by atoms with Gasteiger partial charge < -0.3 is 10.2 Å². The molecule has 21 heavy (non-hydrogen) atoms. The van der Waals surface area contributed by atoms with Crippen molar-refractivity contribution in [2.75, 3.05) is 20.6 Å². The Morgan fingerprint density at radius 2 is 2.00 bits per heavy atom. The highest BCUT2D eigenvalue weighted by molar-refractivity contribution is 7.17. The minimum atomic E-state index is -0.240. The van der Waals surface area contributed by atoms with Crippen molar-refractivity contribution < 1.29 is 9.59 Å². The molecule has 2 aromatic heterocycles. The number of carbonyl (C=O) groups excluding carboxylic acids is 2. The molecule has 0 fully saturated rings. The molecule has 0 radical (unpaired) electrons. The molecular formula is C13H15N5O2S. The summed E-state index contributed by atoms with van der Waals surface area (Å²) in [5.41, 5.74) is 0.608. The molecule has 0 saturated heterocycles. The van der Waals surface area contributed by atoms with E-state index in [9.17, 15) is 9.59 Å². The standard InChI is InChI=1S/C13H15N5O2S/c1-8-10(13(20)18(3)7-9(19)14-2)21-12(17-8)11-15-5-4-6-16-11/h4-6H,7H2,1-3H3,(H,14,19). The fourth-order valence-corrected chi connectivity index (χ4v) is 2.65. The van der Waals surface area contributed by atoms with Crippen molar-refractivity contribution in [3.05, 3.63) is 29.0 Å². The molecule has 0 spiro atoms. The topological polar surface area (TPSA) is 88.1 Å². The molecule has 2 aromatic rings. The monoisotopic (exact) mass is 305 g/mol. The van der Waals surface area contributed by atoms with E-state index in [0.717, 1.165) is 0 Å². The van der Waals surface area contributed by atoms with E-state index in [1.165, 1.54) is 23.3 Å². The molecule has 7 nitrogen and oxygen atoms in total. The summed E-state index contributed by atoms with van der Waals surface area (Å²) in [7, 11) is 3.11. The highest BCUT2D eigenvalue weighted by Gasteiger charge is 2.21. The number of aromatic nitrogens is 3. The van der Waals surface area contributed by atoms with E-state index in [-0.39, 0.29) is 18.4 Å². The third kappa shape index (κ3) is 3.40. The first-order valence-corrected chi connectivity index (χ1v) is 7.05. The van der Waals surface area contributed by atoms with Crippen molar-refractivity contribution in [3.63, 3.8) is 0 Å². The van der Waals surface area contributed by atoms with Crippen molar-refractivity contribution in [1.82, 2.24) is 25.2 Å². The first-order chi connectivity index (χ1) is 10.0. The summed E-state index contributed by atoms with van der Waals surface area (Å²) in [4.78, 5) is 38.1. The fourth-order valence-electron chi connectivity index (χ4n) is 1.64. The first kappa shape index (κ1) is 15.0. The van der Waals surface area contributed by atoms with Gasteiger partial charge in [0.25, 0.3) is 5.91 Å². The smallest absolute Gasteiger partial charge is 0.266 e. The van der Waals surface area contributed by atoms with Crippen LogP contribution in [0.5, 0.6) is 0 Å². The molecule has 0 unspecified atom stereocenters. The Labute approximate surface area is 126 Å². The molecule has 2 amide bonds. The first-order valence-electron chi connectivity index (χ1n) is 6.23. The van der Waals surface area contributed by atoms with Crippen LogP contribution in [0.25, 0.3) is 10.8 Å². The second-order valence-electron chi connectivity index (χ2n) is 4.34. The molecule has 8 heteroatoms. The lowest BCUT2D eigenvalue weighted by Gasteiger charge is -2.15. The van der Waals surface area contributed by atoms with Crippen molar-refractivity contribution in [3.8, 4) is 10.8 Å². The summed E-state index contributed by atoms with van der Waals surface area (Å²) in [6.07, 6.45) is 3.25. The van der Waals surface area contributed by atoms with Crippen LogP contribution < -0.4 is 5.32 Å². The molecule has 2 heterocycles. The number of thiazole rings is 1. The number of rotatable bonds is 4. The summed E-state index contributed by atoms with van der Waals surface area (Å²) >= 11 is 1.22. The van der Waals surface area contributed by atoms with Gasteiger partial charge in [0, 0.05) is 26.5 Å². The number of hydrogen-bond acceptors (Lipinski definition) is 6. The minimum absolute atomic E-state index is 0.00381. The summed E-state index contributed by atoms with van der Waals surface area (Å²) < 4.78 is 0. The zero-order chi connectivity index (χ0) is 15.4. The van der Waals surface area contributed by atoms with Crippen LogP contribution in [0.1, 0.15) is 15.4 Å². The van der Waals surface area contributed by atoms with Crippen LogP contribution in [-0.2, 0) is 4.79 Å². The third-order valence-corrected chi connectivity index (χ3v) is 3.90. The molecular weight excluding hydrogens is 290 g/mol. The summed E-state index contributed by atoms with van der Waals surface area (Å²) in [5, 5.41) is 3.07. The third-order valence-electron chi connectivity index (χ3n) is 2.75. The number of amides is 2. The van der Waals surface area contributed by atoms with Crippen molar-refractivity contribution in [2.45, 2.75) is 6.92 Å². The number of likely N-dealkylation sites (N-methyl/N-ethyl adjacent to an activating group) is 2. The predicted molar refractivity (Wildman–Crippen MR) is 78.9 cm³/mol. The minimum Gasteiger partial charge on any atom is -0.358 e. The average Bonchev–Trinajstić information content (AvgIpc) is 2.89. The maximum absolute atomic E-state index is 12.3. The quantitative estimate of drug-likeness (QED) is 0.899. The SMILES string of the molecule is CNC(=O)CN(C)C(=O)c1sc(-c2ncccn2)nc1C. The largest absolute Gasteiger partial charge is 0.358 e. The molecule has 0 aromatic carbocycles. The molecule has 0 aliphatic rings. The lowest BCUT2D eigenvalue weighted by Crippen LogP contribution is -2.36. The second kappa shape index (κ2) is 6.40. The van der Waals surface area contributed by atoms with Crippen LogP contribution in [0.4, 0.5) is 0 Å². The zero-order valence-electron chi connectivity index (χ0n) is 12.0. The summed E-state index contributed by atoms with van der Waals surface area (Å²) in [5.74, 6) is 0.0222. The van der Waals surface area contributed by atoms with E-state index >= 15 is 0 Å². The Morgan fingerprint density at radius 1 is 1.33 bits per heavy atom. The number of hydrogen-bond donors (Lipinski definition) is 1. The molecule has 2 rings (SSSR count). The van der Waals surface area contributed by atoms with Gasteiger partial charge in [-0.2, -0.15) is 0 Å². The summed E-state index contributed by atoms with van der Waals surface area (Å²) in [6.45, 7) is 1.76. The van der Waals surface area contributed by atoms with Crippen molar-refractivity contribution in [2.24, 2.45) is 0 Å². The maximum atomic E-state index is 12.3. The number of carbonyl (C=O) groups is 2. The fraction of sp³-hybridized carbons (Fsp3) is 0.308. The van der Waals surface area contributed by atoms with Crippen LogP contribution in [0.2, 0.25) is 0 Å².